The zero-order valence-corrected chi connectivity index (χ0v) is 10.8. The maximum absolute atomic E-state index is 8.82. The molecule has 94 valence electrons. The second-order valence-electron chi connectivity index (χ2n) is 4.01. The number of benzene rings is 1. The van der Waals surface area contributed by atoms with E-state index in [9.17, 15) is 0 Å². The summed E-state index contributed by atoms with van der Waals surface area (Å²) >= 11 is 5.98. The molecule has 0 fully saturated rings. The lowest BCUT2D eigenvalue weighted by molar-refractivity contribution is 0.318. The number of nitrogens with two attached hydrogens (primary N) is 1. The number of nitrogens with zero attached hydrogens (tertiary/aromatic N) is 3. The smallest absolute Gasteiger partial charge is 0.172 e. The Kier molecular flexibility index (Phi) is 3.25. The quantitative estimate of drug-likeness (QED) is 0.378. The lowest BCUT2D eigenvalue weighted by atomic mass is 10.1. The Balaban J connectivity index is 2.63. The van der Waals surface area contributed by atoms with Crippen LogP contribution >= 0.6 is 11.6 Å². The van der Waals surface area contributed by atoms with Gasteiger partial charge in [-0.25, -0.2) is 4.68 Å². The number of aromatic nitrogens is 2. The third kappa shape index (κ3) is 2.17. The van der Waals surface area contributed by atoms with Gasteiger partial charge in [0.15, 0.2) is 5.84 Å². The Morgan fingerprint density at radius 2 is 2.17 bits per heavy atom. The van der Waals surface area contributed by atoms with Crippen molar-refractivity contribution < 1.29 is 5.21 Å². The molecular weight excluding hydrogens is 252 g/mol. The topological polar surface area (TPSA) is 76.4 Å². The molecule has 2 aromatic rings. The normalized spacial score (nSPS) is 11.8. The Morgan fingerprint density at radius 1 is 1.44 bits per heavy atom. The molecule has 6 heteroatoms. The number of amidine groups is 1. The molecule has 0 aliphatic heterocycles. The molecule has 0 aliphatic carbocycles. The number of hydrogen-bond acceptors (Lipinski definition) is 3. The average Bonchev–Trinajstić information content (AvgIpc) is 2.68. The summed E-state index contributed by atoms with van der Waals surface area (Å²) < 4.78 is 1.62. The Hall–Kier alpha value is -2.01. The summed E-state index contributed by atoms with van der Waals surface area (Å²) in [6, 6.07) is 5.61. The van der Waals surface area contributed by atoms with Gasteiger partial charge in [-0.3, -0.25) is 0 Å². The van der Waals surface area contributed by atoms with Crippen molar-refractivity contribution in [3.8, 4) is 5.69 Å². The molecule has 0 unspecified atom stereocenters. The lowest BCUT2D eigenvalue weighted by Crippen LogP contribution is -2.16. The van der Waals surface area contributed by atoms with Crippen LogP contribution in [0.3, 0.4) is 0 Å². The van der Waals surface area contributed by atoms with E-state index in [2.05, 4.69) is 10.3 Å². The molecule has 0 saturated carbocycles. The van der Waals surface area contributed by atoms with Crippen LogP contribution in [0.15, 0.2) is 29.6 Å². The molecule has 0 saturated heterocycles. The second kappa shape index (κ2) is 4.70. The second-order valence-corrected chi connectivity index (χ2v) is 4.42. The molecule has 0 atom stereocenters. The summed E-state index contributed by atoms with van der Waals surface area (Å²) in [4.78, 5) is 0. The SMILES string of the molecule is Cc1ccc(-n2cc(Cl)c(C)n2)c(/C(N)=N/O)c1. The van der Waals surface area contributed by atoms with Crippen molar-refractivity contribution in [3.63, 3.8) is 0 Å². The summed E-state index contributed by atoms with van der Waals surface area (Å²) in [5, 5.41) is 16.7. The third-order valence-electron chi connectivity index (χ3n) is 2.62. The Morgan fingerprint density at radius 3 is 2.72 bits per heavy atom. The van der Waals surface area contributed by atoms with E-state index in [1.165, 1.54) is 0 Å². The fraction of sp³-hybridized carbons (Fsp3) is 0.167. The van der Waals surface area contributed by atoms with Crippen molar-refractivity contribution in [3.05, 3.63) is 46.2 Å². The molecule has 0 spiro atoms. The minimum atomic E-state index is 0.0398. The van der Waals surface area contributed by atoms with Crippen molar-refractivity contribution in [1.29, 1.82) is 0 Å². The lowest BCUT2D eigenvalue weighted by Gasteiger charge is -2.09. The van der Waals surface area contributed by atoms with E-state index in [1.54, 1.807) is 10.9 Å². The van der Waals surface area contributed by atoms with Crippen molar-refractivity contribution in [2.45, 2.75) is 13.8 Å². The Labute approximate surface area is 109 Å². The molecule has 2 rings (SSSR count). The Bertz CT molecular complexity index is 599. The van der Waals surface area contributed by atoms with Crippen LogP contribution in [0.4, 0.5) is 0 Å². The highest BCUT2D eigenvalue weighted by Gasteiger charge is 2.11. The van der Waals surface area contributed by atoms with Gasteiger partial charge >= 0.3 is 0 Å². The van der Waals surface area contributed by atoms with Gasteiger partial charge in [0, 0.05) is 11.8 Å². The van der Waals surface area contributed by atoms with Gasteiger partial charge in [0.25, 0.3) is 0 Å². The van der Waals surface area contributed by atoms with Crippen LogP contribution in [0.1, 0.15) is 16.8 Å². The number of hydrogen-bond donors (Lipinski definition) is 2. The van der Waals surface area contributed by atoms with Crippen molar-refractivity contribution in [2.24, 2.45) is 10.9 Å². The van der Waals surface area contributed by atoms with Gasteiger partial charge < -0.3 is 10.9 Å². The van der Waals surface area contributed by atoms with Crippen molar-refractivity contribution in [2.75, 3.05) is 0 Å². The molecule has 5 nitrogen and oxygen atoms in total. The molecule has 0 aliphatic rings. The molecule has 18 heavy (non-hydrogen) atoms. The zero-order chi connectivity index (χ0) is 13.3. The predicted molar refractivity (Wildman–Crippen MR) is 70.6 cm³/mol. The van der Waals surface area contributed by atoms with E-state index < -0.39 is 0 Å². The summed E-state index contributed by atoms with van der Waals surface area (Å²) in [6.45, 7) is 3.75. The standard InChI is InChI=1S/C12H13ClN4O/c1-7-3-4-11(9(5-7)12(14)16-18)17-6-10(13)8(2)15-17/h3-6,18H,1-2H3,(H2,14,16). The minimum absolute atomic E-state index is 0.0398. The molecular formula is C12H13ClN4O. The van der Waals surface area contributed by atoms with Crippen LogP contribution in [0.5, 0.6) is 0 Å². The number of oxime groups is 1. The molecule has 1 aromatic carbocycles. The van der Waals surface area contributed by atoms with Gasteiger partial charge in [0.2, 0.25) is 0 Å². The summed E-state index contributed by atoms with van der Waals surface area (Å²) in [5.41, 5.74) is 8.73. The van der Waals surface area contributed by atoms with Gasteiger partial charge in [-0.1, -0.05) is 28.4 Å². The van der Waals surface area contributed by atoms with Crippen LogP contribution in [0.25, 0.3) is 5.69 Å². The van der Waals surface area contributed by atoms with Gasteiger partial charge in [0.05, 0.1) is 16.4 Å². The molecule has 0 radical (unpaired) electrons. The molecule has 1 aromatic heterocycles. The number of rotatable bonds is 2. The first-order valence-corrected chi connectivity index (χ1v) is 5.71. The first-order chi connectivity index (χ1) is 8.52. The van der Waals surface area contributed by atoms with E-state index in [0.717, 1.165) is 11.3 Å². The zero-order valence-electron chi connectivity index (χ0n) is 10.1. The van der Waals surface area contributed by atoms with Gasteiger partial charge in [-0.2, -0.15) is 5.10 Å². The van der Waals surface area contributed by atoms with Gasteiger partial charge in [-0.15, -0.1) is 0 Å². The largest absolute Gasteiger partial charge is 0.409 e. The summed E-state index contributed by atoms with van der Waals surface area (Å²) in [5.74, 6) is 0.0398. The van der Waals surface area contributed by atoms with Crippen LogP contribution in [-0.4, -0.2) is 20.8 Å². The van der Waals surface area contributed by atoms with E-state index in [0.29, 0.717) is 16.3 Å². The highest BCUT2D eigenvalue weighted by molar-refractivity contribution is 6.31. The number of halogens is 1. The van der Waals surface area contributed by atoms with Crippen molar-refractivity contribution in [1.82, 2.24) is 9.78 Å². The van der Waals surface area contributed by atoms with Gasteiger partial charge in [0.1, 0.15) is 0 Å². The van der Waals surface area contributed by atoms with E-state index >= 15 is 0 Å². The average molecular weight is 265 g/mol. The van der Waals surface area contributed by atoms with E-state index in [-0.39, 0.29) is 5.84 Å². The maximum atomic E-state index is 8.82. The molecule has 0 amide bonds. The monoisotopic (exact) mass is 264 g/mol. The maximum Gasteiger partial charge on any atom is 0.172 e. The molecule has 3 N–H and O–H groups in total. The minimum Gasteiger partial charge on any atom is -0.409 e. The first-order valence-electron chi connectivity index (χ1n) is 5.33. The summed E-state index contributed by atoms with van der Waals surface area (Å²) in [7, 11) is 0. The fourth-order valence-electron chi connectivity index (χ4n) is 1.67. The molecule has 1 heterocycles. The van der Waals surface area contributed by atoms with Crippen LogP contribution in [0.2, 0.25) is 5.02 Å². The van der Waals surface area contributed by atoms with Crippen molar-refractivity contribution >= 4 is 17.4 Å². The van der Waals surface area contributed by atoms with Crippen LogP contribution < -0.4 is 5.73 Å². The van der Waals surface area contributed by atoms with Crippen LogP contribution in [-0.2, 0) is 0 Å². The molecule has 0 bridgehead atoms. The fourth-order valence-corrected chi connectivity index (χ4v) is 1.80. The highest BCUT2D eigenvalue weighted by atomic mass is 35.5. The third-order valence-corrected chi connectivity index (χ3v) is 2.99. The highest BCUT2D eigenvalue weighted by Crippen LogP contribution is 2.20. The summed E-state index contributed by atoms with van der Waals surface area (Å²) in [6.07, 6.45) is 1.69. The number of aryl methyl sites for hydroxylation is 2. The van der Waals surface area contributed by atoms with Crippen LogP contribution in [0, 0.1) is 13.8 Å². The predicted octanol–water partition coefficient (Wildman–Crippen LogP) is 2.24. The van der Waals surface area contributed by atoms with Gasteiger partial charge in [-0.05, 0) is 26.0 Å². The first kappa shape index (κ1) is 12.4. The van der Waals surface area contributed by atoms with E-state index in [4.69, 9.17) is 22.5 Å². The van der Waals surface area contributed by atoms with E-state index in [1.807, 2.05) is 32.0 Å².